The lowest BCUT2D eigenvalue weighted by molar-refractivity contribution is -0.167. The Morgan fingerprint density at radius 3 is 1.06 bits per heavy atom. The minimum absolute atomic E-state index is 0.0784. The molecule has 0 aliphatic heterocycles. The normalized spacial score (nSPS) is 12.3. The van der Waals surface area contributed by atoms with E-state index >= 15 is 0 Å². The van der Waals surface area contributed by atoms with Gasteiger partial charge in [-0.3, -0.25) is 14.4 Å². The molecule has 0 spiro atoms. The molecule has 1 atom stereocenters. The third kappa shape index (κ3) is 40.8. The second kappa shape index (κ2) is 43.4. The van der Waals surface area contributed by atoms with Gasteiger partial charge in [0, 0.05) is 19.3 Å². The molecule has 0 amide bonds. The van der Waals surface area contributed by atoms with Crippen LogP contribution in [0, 0.1) is 0 Å². The Labute approximate surface area is 334 Å². The van der Waals surface area contributed by atoms with Crippen molar-refractivity contribution in [2.75, 3.05) is 13.2 Å². The van der Waals surface area contributed by atoms with Gasteiger partial charge in [-0.1, -0.05) is 173 Å². The topological polar surface area (TPSA) is 78.9 Å². The molecule has 0 N–H and O–H groups in total. The molecular formula is C48H86O6. The van der Waals surface area contributed by atoms with Crippen molar-refractivity contribution in [2.45, 2.75) is 239 Å². The van der Waals surface area contributed by atoms with Gasteiger partial charge in [0.15, 0.2) is 6.10 Å². The lowest BCUT2D eigenvalue weighted by Crippen LogP contribution is -2.30. The summed E-state index contributed by atoms with van der Waals surface area (Å²) < 4.78 is 16.6. The third-order valence-electron chi connectivity index (χ3n) is 9.87. The zero-order valence-corrected chi connectivity index (χ0v) is 35.7. The van der Waals surface area contributed by atoms with Crippen molar-refractivity contribution in [3.05, 3.63) is 36.5 Å². The van der Waals surface area contributed by atoms with Crippen LogP contribution in [-0.4, -0.2) is 37.2 Å². The lowest BCUT2D eigenvalue weighted by Gasteiger charge is -2.18. The van der Waals surface area contributed by atoms with Crippen LogP contribution in [0.25, 0.3) is 0 Å². The second-order valence-electron chi connectivity index (χ2n) is 15.3. The van der Waals surface area contributed by atoms with Crippen LogP contribution in [0.5, 0.6) is 0 Å². The van der Waals surface area contributed by atoms with Crippen molar-refractivity contribution in [2.24, 2.45) is 0 Å². The Morgan fingerprint density at radius 1 is 0.370 bits per heavy atom. The summed E-state index contributed by atoms with van der Waals surface area (Å²) in [6, 6.07) is 0. The molecule has 1 unspecified atom stereocenters. The Morgan fingerprint density at radius 2 is 0.667 bits per heavy atom. The highest BCUT2D eigenvalue weighted by molar-refractivity contribution is 5.71. The van der Waals surface area contributed by atoms with Crippen LogP contribution >= 0.6 is 0 Å². The zero-order chi connectivity index (χ0) is 39.4. The molecule has 0 radical (unpaired) electrons. The number of hydrogen-bond donors (Lipinski definition) is 0. The van der Waals surface area contributed by atoms with Crippen LogP contribution in [-0.2, 0) is 28.6 Å². The zero-order valence-electron chi connectivity index (χ0n) is 35.7. The van der Waals surface area contributed by atoms with Crippen LogP contribution < -0.4 is 0 Å². The van der Waals surface area contributed by atoms with Gasteiger partial charge in [-0.2, -0.15) is 0 Å². The number of hydrogen-bond acceptors (Lipinski definition) is 6. The SMILES string of the molecule is CCCCCC/C=C\C/C=C\CCCCCCCCCC(=O)OCC(COC(=O)CCCCCCC)OC(=O)CCCCCCC/C=C\CCCCCC. The summed E-state index contributed by atoms with van der Waals surface area (Å²) >= 11 is 0. The van der Waals surface area contributed by atoms with Crippen molar-refractivity contribution in [3.63, 3.8) is 0 Å². The molecule has 6 nitrogen and oxygen atoms in total. The average Bonchev–Trinajstić information content (AvgIpc) is 3.17. The van der Waals surface area contributed by atoms with Crippen molar-refractivity contribution in [3.8, 4) is 0 Å². The lowest BCUT2D eigenvalue weighted by atomic mass is 10.1. The van der Waals surface area contributed by atoms with Gasteiger partial charge >= 0.3 is 17.9 Å². The molecule has 54 heavy (non-hydrogen) atoms. The highest BCUT2D eigenvalue weighted by atomic mass is 16.6. The molecule has 0 aromatic carbocycles. The molecule has 0 aromatic rings. The number of allylic oxidation sites excluding steroid dienone is 6. The number of ether oxygens (including phenoxy) is 3. The third-order valence-corrected chi connectivity index (χ3v) is 9.87. The van der Waals surface area contributed by atoms with Gasteiger partial charge in [0.25, 0.3) is 0 Å². The molecule has 0 saturated heterocycles. The summed E-state index contributed by atoms with van der Waals surface area (Å²) in [5.74, 6) is -0.907. The highest BCUT2D eigenvalue weighted by Gasteiger charge is 2.19. The minimum Gasteiger partial charge on any atom is -0.462 e. The van der Waals surface area contributed by atoms with E-state index in [4.69, 9.17) is 14.2 Å². The molecule has 0 aliphatic carbocycles. The molecule has 0 aliphatic rings. The smallest absolute Gasteiger partial charge is 0.306 e. The molecule has 0 fully saturated rings. The van der Waals surface area contributed by atoms with Gasteiger partial charge in [0.2, 0.25) is 0 Å². The monoisotopic (exact) mass is 759 g/mol. The van der Waals surface area contributed by atoms with E-state index in [9.17, 15) is 14.4 Å². The van der Waals surface area contributed by atoms with Gasteiger partial charge < -0.3 is 14.2 Å². The first kappa shape index (κ1) is 51.6. The summed E-state index contributed by atoms with van der Waals surface area (Å²) in [5, 5.41) is 0. The second-order valence-corrected chi connectivity index (χ2v) is 15.3. The predicted octanol–water partition coefficient (Wildman–Crippen LogP) is 14.6. The molecule has 0 rings (SSSR count). The summed E-state index contributed by atoms with van der Waals surface area (Å²) in [6.45, 7) is 6.50. The number of unbranched alkanes of at least 4 members (excludes halogenated alkanes) is 24. The first-order chi connectivity index (χ1) is 26.5. The van der Waals surface area contributed by atoms with E-state index in [2.05, 4.69) is 57.2 Å². The standard InChI is InChI=1S/C48H86O6/c1-4-7-10-13-15-17-19-21-22-23-24-25-27-28-30-32-35-38-41-47(50)53-44-45(43-52-46(49)40-37-34-12-9-6-3)54-48(51)42-39-36-33-31-29-26-20-18-16-14-11-8-5-2/h17-20,22-23,45H,4-16,21,24-44H2,1-3H3/b19-17-,20-18-,23-22-. The molecule has 0 bridgehead atoms. The van der Waals surface area contributed by atoms with Crippen LogP contribution in [0.1, 0.15) is 233 Å². The fourth-order valence-electron chi connectivity index (χ4n) is 6.35. The molecule has 314 valence electrons. The maximum absolute atomic E-state index is 12.7. The van der Waals surface area contributed by atoms with Crippen LogP contribution in [0.4, 0.5) is 0 Å². The van der Waals surface area contributed by atoms with Gasteiger partial charge in [-0.25, -0.2) is 0 Å². The maximum Gasteiger partial charge on any atom is 0.306 e. The predicted molar refractivity (Wildman–Crippen MR) is 229 cm³/mol. The van der Waals surface area contributed by atoms with Gasteiger partial charge in [0.05, 0.1) is 0 Å². The quantitative estimate of drug-likeness (QED) is 0.0267. The number of carbonyl (C=O) groups is 3. The summed E-state index contributed by atoms with van der Waals surface area (Å²) in [6.07, 6.45) is 48.7. The molecule has 0 aromatic heterocycles. The maximum atomic E-state index is 12.7. The van der Waals surface area contributed by atoms with E-state index in [1.165, 1.54) is 103 Å². The number of carbonyl (C=O) groups excluding carboxylic acids is 3. The van der Waals surface area contributed by atoms with Crippen LogP contribution in [0.15, 0.2) is 36.5 Å². The Hall–Kier alpha value is -2.37. The van der Waals surface area contributed by atoms with Crippen LogP contribution in [0.3, 0.4) is 0 Å². The van der Waals surface area contributed by atoms with E-state index in [0.717, 1.165) is 89.9 Å². The number of rotatable bonds is 41. The fourth-order valence-corrected chi connectivity index (χ4v) is 6.35. The average molecular weight is 759 g/mol. The minimum atomic E-state index is -0.772. The summed E-state index contributed by atoms with van der Waals surface area (Å²) in [7, 11) is 0. The summed E-state index contributed by atoms with van der Waals surface area (Å²) in [4.78, 5) is 37.5. The first-order valence-corrected chi connectivity index (χ1v) is 23.0. The van der Waals surface area contributed by atoms with Crippen molar-refractivity contribution < 1.29 is 28.6 Å². The van der Waals surface area contributed by atoms with Crippen molar-refractivity contribution in [1.82, 2.24) is 0 Å². The van der Waals surface area contributed by atoms with Crippen molar-refractivity contribution in [1.29, 1.82) is 0 Å². The molecular weight excluding hydrogens is 673 g/mol. The first-order valence-electron chi connectivity index (χ1n) is 23.0. The Bertz CT molecular complexity index is 922. The summed E-state index contributed by atoms with van der Waals surface area (Å²) in [5.41, 5.74) is 0. The van der Waals surface area contributed by atoms with Gasteiger partial charge in [-0.05, 0) is 77.0 Å². The fraction of sp³-hybridized carbons (Fsp3) is 0.812. The van der Waals surface area contributed by atoms with Crippen LogP contribution in [0.2, 0.25) is 0 Å². The highest BCUT2D eigenvalue weighted by Crippen LogP contribution is 2.13. The van der Waals surface area contributed by atoms with Gasteiger partial charge in [0.1, 0.15) is 13.2 Å². The van der Waals surface area contributed by atoms with E-state index < -0.39 is 6.10 Å². The van der Waals surface area contributed by atoms with E-state index in [-0.39, 0.29) is 31.1 Å². The Balaban J connectivity index is 4.22. The number of esters is 3. The van der Waals surface area contributed by atoms with E-state index in [1.807, 2.05) is 0 Å². The Kier molecular flexibility index (Phi) is 41.5. The molecule has 0 heterocycles. The largest absolute Gasteiger partial charge is 0.462 e. The molecule has 6 heteroatoms. The van der Waals surface area contributed by atoms with E-state index in [0.29, 0.717) is 19.3 Å². The van der Waals surface area contributed by atoms with E-state index in [1.54, 1.807) is 0 Å². The molecule has 0 saturated carbocycles. The van der Waals surface area contributed by atoms with Crippen molar-refractivity contribution >= 4 is 17.9 Å². The van der Waals surface area contributed by atoms with Gasteiger partial charge in [-0.15, -0.1) is 0 Å².